The quantitative estimate of drug-likeness (QED) is 0.869. The first kappa shape index (κ1) is 14.1. The molecule has 1 aromatic rings. The normalized spacial score (nSPS) is 25.3. The van der Waals surface area contributed by atoms with E-state index in [1.807, 2.05) is 0 Å². The molecule has 0 spiro atoms. The molecule has 2 unspecified atom stereocenters. The molecule has 3 nitrogen and oxygen atoms in total. The summed E-state index contributed by atoms with van der Waals surface area (Å²) in [5.41, 5.74) is 6.70. The Labute approximate surface area is 118 Å². The predicted molar refractivity (Wildman–Crippen MR) is 75.9 cm³/mol. The van der Waals surface area contributed by atoms with Crippen molar-refractivity contribution in [3.05, 3.63) is 28.0 Å². The highest BCUT2D eigenvalue weighted by Crippen LogP contribution is 2.25. The SMILES string of the molecule is CC1CCN(Cc2nc(Cl)ccc2Cl)C(CN)C1. The van der Waals surface area contributed by atoms with Crippen molar-refractivity contribution < 1.29 is 0 Å². The molecule has 0 amide bonds. The van der Waals surface area contributed by atoms with Gasteiger partial charge < -0.3 is 5.73 Å². The van der Waals surface area contributed by atoms with Gasteiger partial charge in [-0.15, -0.1) is 0 Å². The van der Waals surface area contributed by atoms with Crippen molar-refractivity contribution in [3.8, 4) is 0 Å². The second kappa shape index (κ2) is 6.20. The summed E-state index contributed by atoms with van der Waals surface area (Å²) in [7, 11) is 0. The van der Waals surface area contributed by atoms with Crippen LogP contribution in [0.5, 0.6) is 0 Å². The van der Waals surface area contributed by atoms with Gasteiger partial charge in [-0.2, -0.15) is 0 Å². The Hall–Kier alpha value is -0.350. The lowest BCUT2D eigenvalue weighted by molar-refractivity contribution is 0.114. The molecule has 2 rings (SSSR count). The maximum absolute atomic E-state index is 6.16. The van der Waals surface area contributed by atoms with Crippen LogP contribution in [-0.4, -0.2) is 29.0 Å². The Morgan fingerprint density at radius 2 is 2.22 bits per heavy atom. The highest BCUT2D eigenvalue weighted by molar-refractivity contribution is 6.32. The molecule has 1 saturated heterocycles. The van der Waals surface area contributed by atoms with Crippen molar-refractivity contribution in [2.45, 2.75) is 32.4 Å². The third-order valence-corrected chi connectivity index (χ3v) is 4.16. The summed E-state index contributed by atoms with van der Waals surface area (Å²) in [4.78, 5) is 6.67. The van der Waals surface area contributed by atoms with Gasteiger partial charge in [-0.1, -0.05) is 30.1 Å². The van der Waals surface area contributed by atoms with E-state index in [2.05, 4.69) is 16.8 Å². The van der Waals surface area contributed by atoms with Crippen LogP contribution in [0, 0.1) is 5.92 Å². The molecule has 0 bridgehead atoms. The van der Waals surface area contributed by atoms with Crippen LogP contribution >= 0.6 is 23.2 Å². The first-order valence-electron chi connectivity index (χ1n) is 6.35. The summed E-state index contributed by atoms with van der Waals surface area (Å²) in [6, 6.07) is 3.94. The molecule has 2 atom stereocenters. The van der Waals surface area contributed by atoms with E-state index < -0.39 is 0 Å². The van der Waals surface area contributed by atoms with Gasteiger partial charge in [0.15, 0.2) is 0 Å². The summed E-state index contributed by atoms with van der Waals surface area (Å²) in [5, 5.41) is 1.16. The molecule has 100 valence electrons. The van der Waals surface area contributed by atoms with Gasteiger partial charge >= 0.3 is 0 Å². The molecule has 5 heteroatoms. The zero-order chi connectivity index (χ0) is 13.1. The first-order valence-corrected chi connectivity index (χ1v) is 7.10. The Morgan fingerprint density at radius 1 is 1.44 bits per heavy atom. The molecule has 0 aromatic carbocycles. The van der Waals surface area contributed by atoms with Gasteiger partial charge in [0.05, 0.1) is 10.7 Å². The van der Waals surface area contributed by atoms with E-state index in [9.17, 15) is 0 Å². The lowest BCUT2D eigenvalue weighted by atomic mass is 9.92. The van der Waals surface area contributed by atoms with E-state index >= 15 is 0 Å². The van der Waals surface area contributed by atoms with Crippen LogP contribution in [0.4, 0.5) is 0 Å². The van der Waals surface area contributed by atoms with Gasteiger partial charge in [0.2, 0.25) is 0 Å². The lowest BCUT2D eigenvalue weighted by Gasteiger charge is -2.37. The smallest absolute Gasteiger partial charge is 0.129 e. The molecule has 0 aliphatic carbocycles. The maximum Gasteiger partial charge on any atom is 0.129 e. The van der Waals surface area contributed by atoms with Crippen molar-refractivity contribution >= 4 is 23.2 Å². The van der Waals surface area contributed by atoms with Crippen LogP contribution in [0.25, 0.3) is 0 Å². The number of hydrogen-bond donors (Lipinski definition) is 1. The van der Waals surface area contributed by atoms with E-state index in [-0.39, 0.29) is 0 Å². The number of pyridine rings is 1. The minimum atomic E-state index is 0.422. The summed E-state index contributed by atoms with van der Waals surface area (Å²) in [5.74, 6) is 0.748. The maximum atomic E-state index is 6.16. The predicted octanol–water partition coefficient (Wildman–Crippen LogP) is 2.95. The van der Waals surface area contributed by atoms with Gasteiger partial charge in [-0.25, -0.2) is 4.98 Å². The monoisotopic (exact) mass is 287 g/mol. The summed E-state index contributed by atoms with van der Waals surface area (Å²) >= 11 is 12.1. The van der Waals surface area contributed by atoms with E-state index in [4.69, 9.17) is 28.9 Å². The van der Waals surface area contributed by atoms with Crippen molar-refractivity contribution in [2.75, 3.05) is 13.1 Å². The first-order chi connectivity index (χ1) is 8.60. The molecular weight excluding hydrogens is 269 g/mol. The Kier molecular flexibility index (Phi) is 4.84. The molecular formula is C13H19Cl2N3. The van der Waals surface area contributed by atoms with E-state index in [0.717, 1.165) is 31.1 Å². The largest absolute Gasteiger partial charge is 0.329 e. The van der Waals surface area contributed by atoms with Crippen LogP contribution in [0.15, 0.2) is 12.1 Å². The second-order valence-electron chi connectivity index (χ2n) is 5.05. The number of aromatic nitrogens is 1. The standard InChI is InChI=1S/C13H19Cl2N3/c1-9-4-5-18(10(6-9)7-16)8-12-11(14)2-3-13(15)17-12/h2-3,9-10H,4-8,16H2,1H3. The number of rotatable bonds is 3. The molecule has 1 aliphatic rings. The third kappa shape index (κ3) is 3.35. The van der Waals surface area contributed by atoms with Gasteiger partial charge in [0.25, 0.3) is 0 Å². The molecule has 18 heavy (non-hydrogen) atoms. The van der Waals surface area contributed by atoms with E-state index in [1.165, 1.54) is 6.42 Å². The third-order valence-electron chi connectivity index (χ3n) is 3.61. The second-order valence-corrected chi connectivity index (χ2v) is 5.85. The number of likely N-dealkylation sites (tertiary alicyclic amines) is 1. The van der Waals surface area contributed by atoms with E-state index in [0.29, 0.717) is 22.8 Å². The topological polar surface area (TPSA) is 42.2 Å². The van der Waals surface area contributed by atoms with Gasteiger partial charge in [-0.3, -0.25) is 4.90 Å². The molecule has 0 saturated carbocycles. The highest BCUT2D eigenvalue weighted by atomic mass is 35.5. The number of piperidine rings is 1. The number of nitrogens with zero attached hydrogens (tertiary/aromatic N) is 2. The number of nitrogens with two attached hydrogens (primary N) is 1. The molecule has 2 heterocycles. The summed E-state index contributed by atoms with van der Waals surface area (Å²) in [6.45, 7) is 4.74. The van der Waals surface area contributed by atoms with Crippen LogP contribution < -0.4 is 5.73 Å². The van der Waals surface area contributed by atoms with Crippen molar-refractivity contribution in [3.63, 3.8) is 0 Å². The van der Waals surface area contributed by atoms with Gasteiger partial charge in [0.1, 0.15) is 5.15 Å². The highest BCUT2D eigenvalue weighted by Gasteiger charge is 2.26. The van der Waals surface area contributed by atoms with Crippen molar-refractivity contribution in [2.24, 2.45) is 11.7 Å². The Bertz CT molecular complexity index is 411. The minimum absolute atomic E-state index is 0.422. The fourth-order valence-corrected chi connectivity index (χ4v) is 2.84. The average molecular weight is 288 g/mol. The average Bonchev–Trinajstić information content (AvgIpc) is 2.36. The number of halogens is 2. The molecule has 1 fully saturated rings. The zero-order valence-corrected chi connectivity index (χ0v) is 12.1. The fourth-order valence-electron chi connectivity index (χ4n) is 2.51. The van der Waals surface area contributed by atoms with Crippen LogP contribution in [0.1, 0.15) is 25.5 Å². The lowest BCUT2D eigenvalue weighted by Crippen LogP contribution is -2.45. The van der Waals surface area contributed by atoms with E-state index in [1.54, 1.807) is 12.1 Å². The van der Waals surface area contributed by atoms with Gasteiger partial charge in [0, 0.05) is 19.1 Å². The Morgan fingerprint density at radius 3 is 2.94 bits per heavy atom. The molecule has 1 aliphatic heterocycles. The minimum Gasteiger partial charge on any atom is -0.329 e. The van der Waals surface area contributed by atoms with Crippen molar-refractivity contribution in [1.29, 1.82) is 0 Å². The van der Waals surface area contributed by atoms with Gasteiger partial charge in [-0.05, 0) is 37.4 Å². The van der Waals surface area contributed by atoms with Crippen molar-refractivity contribution in [1.82, 2.24) is 9.88 Å². The zero-order valence-electron chi connectivity index (χ0n) is 10.6. The molecule has 1 aromatic heterocycles. The summed E-state index contributed by atoms with van der Waals surface area (Å²) in [6.07, 6.45) is 2.35. The fraction of sp³-hybridized carbons (Fsp3) is 0.615. The number of hydrogen-bond acceptors (Lipinski definition) is 3. The molecule has 2 N–H and O–H groups in total. The van der Waals surface area contributed by atoms with Crippen LogP contribution in [0.2, 0.25) is 10.2 Å². The van der Waals surface area contributed by atoms with Crippen LogP contribution in [-0.2, 0) is 6.54 Å². The summed E-state index contributed by atoms with van der Waals surface area (Å²) < 4.78 is 0. The molecule has 0 radical (unpaired) electrons. The van der Waals surface area contributed by atoms with Crippen LogP contribution in [0.3, 0.4) is 0 Å². The Balaban J connectivity index is 2.10.